The monoisotopic (exact) mass is 964 g/mol. The first-order valence-electron chi connectivity index (χ1n) is 20.8. The van der Waals surface area contributed by atoms with Crippen LogP contribution >= 0.6 is 0 Å². The van der Waals surface area contributed by atoms with Crippen LogP contribution in [0.2, 0.25) is 0 Å². The fraction of sp³-hybridized carbons (Fsp3) is 0.698. The predicted octanol–water partition coefficient (Wildman–Crippen LogP) is 2.31. The molecule has 19 heteroatoms. The van der Waals surface area contributed by atoms with E-state index in [1.807, 2.05) is 72.1 Å². The molecule has 1 aromatic carbocycles. The molecule has 1 rings (SSSR count). The van der Waals surface area contributed by atoms with Crippen molar-refractivity contribution in [3.05, 3.63) is 50.7 Å². The number of amides is 6. The van der Waals surface area contributed by atoms with Gasteiger partial charge in [-0.3, -0.25) is 19.2 Å². The average molecular weight is 964 g/mol. The van der Waals surface area contributed by atoms with E-state index in [1.165, 1.54) is 0 Å². The van der Waals surface area contributed by atoms with E-state index in [4.69, 9.17) is 41.3 Å². The van der Waals surface area contributed by atoms with Gasteiger partial charge in [-0.05, 0) is 57.8 Å². The van der Waals surface area contributed by atoms with E-state index >= 15 is 0 Å². The van der Waals surface area contributed by atoms with Crippen molar-refractivity contribution in [2.75, 3.05) is 86.6 Å². The van der Waals surface area contributed by atoms with Gasteiger partial charge in [0.15, 0.2) is 0 Å². The number of urea groups is 1. The number of hydrogen-bond acceptors (Lipinski definition) is 12. The quantitative estimate of drug-likeness (QED) is 0.0394. The predicted molar refractivity (Wildman–Crippen MR) is 244 cm³/mol. The summed E-state index contributed by atoms with van der Waals surface area (Å²) >= 11 is 0. The molecule has 3 atom stereocenters. The Morgan fingerprint density at radius 1 is 0.694 bits per heavy atom. The molecule has 0 aliphatic rings. The molecule has 0 heterocycles. The van der Waals surface area contributed by atoms with Crippen LogP contribution < -0.4 is 38.5 Å². The molecule has 0 saturated carbocycles. The van der Waals surface area contributed by atoms with Crippen LogP contribution in [0.4, 0.5) is 4.79 Å². The van der Waals surface area contributed by atoms with Gasteiger partial charge in [-0.2, -0.15) is 0 Å². The Morgan fingerprint density at radius 2 is 1.21 bits per heavy atom. The Balaban J connectivity index is -0.000000455. The zero-order valence-corrected chi connectivity index (χ0v) is 42.6. The molecule has 0 aliphatic heterocycles. The van der Waals surface area contributed by atoms with Gasteiger partial charge >= 0.3 is 6.03 Å². The van der Waals surface area contributed by atoms with Crippen molar-refractivity contribution in [1.29, 1.82) is 0 Å². The van der Waals surface area contributed by atoms with Crippen molar-refractivity contribution in [1.82, 2.24) is 26.2 Å². The molecule has 1 radical (unpaired) electrons. The van der Waals surface area contributed by atoms with Gasteiger partial charge in [-0.1, -0.05) is 78.3 Å². The summed E-state index contributed by atoms with van der Waals surface area (Å²) in [5.74, 6) is -2.05. The third-order valence-corrected chi connectivity index (χ3v) is 7.76. The van der Waals surface area contributed by atoms with E-state index in [9.17, 15) is 24.0 Å². The van der Waals surface area contributed by atoms with Gasteiger partial charge in [0.05, 0.1) is 65.5 Å². The zero-order valence-electron chi connectivity index (χ0n) is 39.8. The maximum absolute atomic E-state index is 12.8. The van der Waals surface area contributed by atoms with Crippen LogP contribution in [0.3, 0.4) is 0 Å². The average Bonchev–Trinajstić information content (AvgIpc) is 3.22. The van der Waals surface area contributed by atoms with E-state index in [-0.39, 0.29) is 105 Å². The number of nitrogens with one attached hydrogen (secondary N) is 4. The maximum Gasteiger partial charge on any atom is 0.312 e. The number of carbonyl (C=O) groups is 5. The molecule has 0 spiro atoms. The molecular formula is C43H86N8O10Y-2. The normalized spacial score (nSPS) is 11.4. The van der Waals surface area contributed by atoms with Crippen LogP contribution in [0.5, 0.6) is 0 Å². The van der Waals surface area contributed by atoms with Crippen molar-refractivity contribution in [2.45, 2.75) is 105 Å². The number of carbonyl (C=O) groups excluding carboxylic acids is 5. The van der Waals surface area contributed by atoms with E-state index in [1.54, 1.807) is 13.8 Å². The van der Waals surface area contributed by atoms with E-state index in [0.29, 0.717) is 59.0 Å². The standard InChI is InChI=1S/C30H60N8O9.C7H8O.2C2H6.2CH3.Y/c1-22(2)26(29(42)36-24(27(32)40)9-7-11-35-30(33)43)37-25(39)10-14-44-16-18-46-20-21-47-19-17-45-15-12-34-28(41)23(31)8-5-6-13-38(3)4;8-6-7-4-2-1-3-5-7;2*1-2;;;/h22-24,26H,5-21,31H2,1-4H3,(H2,32,40)(H,34,41)(H,36,42)(H,37,39)(H3,33,35,43);1-5,8H,6H2;2*1-2H3;2*1H3;/q;;;;2*-1;. The van der Waals surface area contributed by atoms with E-state index in [0.717, 1.165) is 24.9 Å². The molecule has 3 unspecified atom stereocenters. The van der Waals surface area contributed by atoms with Gasteiger partial charge in [0, 0.05) is 52.2 Å². The summed E-state index contributed by atoms with van der Waals surface area (Å²) in [6, 6.07) is 6.50. The Hall–Kier alpha value is -2.81. The minimum atomic E-state index is -0.957. The maximum atomic E-state index is 12.8. The largest absolute Gasteiger partial charge is 0.392 e. The minimum absolute atomic E-state index is 0. The fourth-order valence-corrected chi connectivity index (χ4v) is 4.66. The van der Waals surface area contributed by atoms with Gasteiger partial charge in [0.25, 0.3) is 0 Å². The molecule has 0 aromatic heterocycles. The number of hydrogen-bond donors (Lipinski definition) is 8. The summed E-state index contributed by atoms with van der Waals surface area (Å²) in [6.07, 6.45) is 3.18. The summed E-state index contributed by atoms with van der Waals surface area (Å²) in [6.45, 7) is 15.9. The number of unbranched alkanes of at least 4 members (excludes halogenated alkanes) is 1. The molecular weight excluding hydrogens is 877 g/mol. The third-order valence-electron chi connectivity index (χ3n) is 7.76. The topological polar surface area (TPSA) is 272 Å². The molecule has 1 aromatic rings. The smallest absolute Gasteiger partial charge is 0.312 e. The summed E-state index contributed by atoms with van der Waals surface area (Å²) in [5.41, 5.74) is 17.3. The van der Waals surface area contributed by atoms with Crippen molar-refractivity contribution in [2.24, 2.45) is 23.1 Å². The van der Waals surface area contributed by atoms with Gasteiger partial charge in [0.2, 0.25) is 23.6 Å². The molecule has 0 aliphatic carbocycles. The van der Waals surface area contributed by atoms with Crippen LogP contribution in [0.1, 0.15) is 85.6 Å². The summed E-state index contributed by atoms with van der Waals surface area (Å²) in [7, 11) is 4.03. The Kier molecular flexibility index (Phi) is 58.1. The van der Waals surface area contributed by atoms with Gasteiger partial charge in [-0.15, -0.1) is 0 Å². The second kappa shape index (κ2) is 50.8. The first kappa shape index (κ1) is 70.8. The first-order chi connectivity index (χ1) is 28.3. The van der Waals surface area contributed by atoms with Crippen molar-refractivity contribution >= 4 is 29.7 Å². The van der Waals surface area contributed by atoms with Crippen LogP contribution in [0.15, 0.2) is 30.3 Å². The van der Waals surface area contributed by atoms with E-state index < -0.39 is 36.0 Å². The molecule has 0 saturated heterocycles. The number of rotatable bonds is 31. The summed E-state index contributed by atoms with van der Waals surface area (Å²) in [5, 5.41) is 19.0. The third kappa shape index (κ3) is 45.2. The van der Waals surface area contributed by atoms with Gasteiger partial charge < -0.3 is 82.3 Å². The fourth-order valence-electron chi connectivity index (χ4n) is 4.66. The Morgan fingerprint density at radius 3 is 1.66 bits per heavy atom. The number of aliphatic hydroxyl groups is 1. The Labute approximate surface area is 399 Å². The van der Waals surface area contributed by atoms with E-state index in [2.05, 4.69) is 26.2 Å². The minimum Gasteiger partial charge on any atom is -0.392 e. The second-order valence-corrected chi connectivity index (χ2v) is 13.2. The molecule has 363 valence electrons. The van der Waals surface area contributed by atoms with Crippen molar-refractivity contribution < 1.29 is 80.7 Å². The van der Waals surface area contributed by atoms with Crippen LogP contribution in [0.25, 0.3) is 0 Å². The molecule has 62 heavy (non-hydrogen) atoms. The molecule has 0 fully saturated rings. The van der Waals surface area contributed by atoms with Crippen LogP contribution in [0, 0.1) is 20.8 Å². The zero-order chi connectivity index (χ0) is 45.3. The number of nitrogens with two attached hydrogens (primary N) is 3. The van der Waals surface area contributed by atoms with Crippen molar-refractivity contribution in [3.63, 3.8) is 0 Å². The summed E-state index contributed by atoms with van der Waals surface area (Å²) in [4.78, 5) is 61.8. The SMILES string of the molecule is CC.CC.CC(C)C(NC(=O)CCOCCOCCOCCOCCNC(=O)C(N)CCCCN(C)C)C(=O)NC(CCCNC(N)=O)C(N)=O.OCc1ccccc1.[CH3-].[CH3-].[Y]. The number of primary amides is 2. The van der Waals surface area contributed by atoms with Crippen molar-refractivity contribution in [3.8, 4) is 0 Å². The second-order valence-electron chi connectivity index (χ2n) is 13.2. The first-order valence-corrected chi connectivity index (χ1v) is 20.8. The number of ether oxygens (including phenoxy) is 4. The number of nitrogens with zero attached hydrogens (tertiary/aromatic N) is 1. The Bertz CT molecular complexity index is 1190. The van der Waals surface area contributed by atoms with Gasteiger partial charge in [-0.25, -0.2) is 4.79 Å². The van der Waals surface area contributed by atoms with Gasteiger partial charge in [0.1, 0.15) is 12.1 Å². The molecule has 18 nitrogen and oxygen atoms in total. The van der Waals surface area contributed by atoms with Crippen LogP contribution in [-0.4, -0.2) is 144 Å². The number of benzene rings is 1. The molecule has 6 amide bonds. The summed E-state index contributed by atoms with van der Waals surface area (Å²) < 4.78 is 21.8. The molecule has 11 N–H and O–H groups in total. The van der Waals surface area contributed by atoms with Crippen LogP contribution in [-0.2, 0) is 77.4 Å². The number of aliphatic hydroxyl groups excluding tert-OH is 1. The molecule has 0 bridgehead atoms.